The zero-order chi connectivity index (χ0) is 19.3. The van der Waals surface area contributed by atoms with Gasteiger partial charge in [0, 0.05) is 24.4 Å². The number of hydrogen-bond donors (Lipinski definition) is 3. The summed E-state index contributed by atoms with van der Waals surface area (Å²) in [5.74, 6) is -0.120. The van der Waals surface area contributed by atoms with Crippen molar-refractivity contribution in [2.75, 3.05) is 25.0 Å². The van der Waals surface area contributed by atoms with Crippen LogP contribution in [0.5, 0.6) is 0 Å². The molecule has 0 aliphatic carbocycles. The van der Waals surface area contributed by atoms with Crippen molar-refractivity contribution in [2.24, 2.45) is 0 Å². The highest BCUT2D eigenvalue weighted by atomic mass is 16.5. The minimum atomic E-state index is -0.268. The van der Waals surface area contributed by atoms with Gasteiger partial charge >= 0.3 is 0 Å². The van der Waals surface area contributed by atoms with Crippen molar-refractivity contribution in [1.82, 2.24) is 15.3 Å². The number of aromatic nitrogens is 2. The van der Waals surface area contributed by atoms with Crippen LogP contribution in [0.25, 0.3) is 22.3 Å². The molecule has 1 amide bonds. The number of aromatic amines is 1. The summed E-state index contributed by atoms with van der Waals surface area (Å²) in [6.45, 7) is 1.39. The van der Waals surface area contributed by atoms with Crippen molar-refractivity contribution in [3.8, 4) is 11.3 Å². The van der Waals surface area contributed by atoms with Gasteiger partial charge in [0.25, 0.3) is 5.56 Å². The molecule has 1 saturated heterocycles. The second-order valence-electron chi connectivity index (χ2n) is 6.77. The highest BCUT2D eigenvalue weighted by molar-refractivity contribution is 5.85. The number of rotatable bonds is 6. The van der Waals surface area contributed by atoms with E-state index in [1.165, 1.54) is 0 Å². The van der Waals surface area contributed by atoms with Gasteiger partial charge in [-0.15, -0.1) is 0 Å². The molecule has 1 aliphatic heterocycles. The van der Waals surface area contributed by atoms with E-state index in [0.717, 1.165) is 19.4 Å². The molecule has 1 fully saturated rings. The number of hydrogen-bond acceptors (Lipinski definition) is 5. The highest BCUT2D eigenvalue weighted by Crippen LogP contribution is 2.24. The Morgan fingerprint density at radius 3 is 2.86 bits per heavy atom. The van der Waals surface area contributed by atoms with E-state index in [-0.39, 0.29) is 24.1 Å². The number of H-pyrrole nitrogens is 1. The molecule has 1 atom stereocenters. The van der Waals surface area contributed by atoms with Crippen LogP contribution in [-0.4, -0.2) is 41.7 Å². The molecule has 2 aromatic carbocycles. The number of carbonyl (C=O) groups is 1. The fourth-order valence-corrected chi connectivity index (χ4v) is 3.33. The van der Waals surface area contributed by atoms with Gasteiger partial charge in [-0.25, -0.2) is 4.98 Å². The average Bonchev–Trinajstić information content (AvgIpc) is 3.24. The third kappa shape index (κ3) is 4.04. The number of amides is 1. The van der Waals surface area contributed by atoms with Crippen LogP contribution in [0.4, 0.5) is 5.69 Å². The average molecular weight is 378 g/mol. The summed E-state index contributed by atoms with van der Waals surface area (Å²) in [6.07, 6.45) is 2.13. The summed E-state index contributed by atoms with van der Waals surface area (Å²) in [5.41, 5.74) is 2.79. The first-order chi connectivity index (χ1) is 13.7. The Morgan fingerprint density at radius 2 is 2.00 bits per heavy atom. The zero-order valence-electron chi connectivity index (χ0n) is 15.4. The third-order valence-electron chi connectivity index (χ3n) is 4.77. The van der Waals surface area contributed by atoms with Gasteiger partial charge in [0.05, 0.1) is 23.7 Å². The first kappa shape index (κ1) is 18.2. The van der Waals surface area contributed by atoms with Gasteiger partial charge in [-0.3, -0.25) is 9.59 Å². The lowest BCUT2D eigenvalue weighted by molar-refractivity contribution is -0.119. The molecular weight excluding hydrogens is 356 g/mol. The summed E-state index contributed by atoms with van der Waals surface area (Å²) in [5, 5.41) is 6.00. The van der Waals surface area contributed by atoms with Gasteiger partial charge in [-0.2, -0.15) is 0 Å². The van der Waals surface area contributed by atoms with Crippen LogP contribution in [0.15, 0.2) is 53.3 Å². The summed E-state index contributed by atoms with van der Waals surface area (Å²) < 4.78 is 5.51. The summed E-state index contributed by atoms with van der Waals surface area (Å²) in [7, 11) is 0. The fraction of sp³-hybridized carbons (Fsp3) is 0.286. The van der Waals surface area contributed by atoms with Gasteiger partial charge < -0.3 is 20.4 Å². The summed E-state index contributed by atoms with van der Waals surface area (Å²) in [4.78, 5) is 32.1. The molecule has 2 heterocycles. The van der Waals surface area contributed by atoms with Gasteiger partial charge in [-0.1, -0.05) is 30.3 Å². The Morgan fingerprint density at radius 1 is 1.18 bits per heavy atom. The lowest BCUT2D eigenvalue weighted by Crippen LogP contribution is -2.35. The lowest BCUT2D eigenvalue weighted by atomic mass is 10.1. The van der Waals surface area contributed by atoms with Crippen molar-refractivity contribution < 1.29 is 9.53 Å². The standard InChI is InChI=1S/C21H22N4O3/c26-19(23-12-14-6-5-11-28-14)13-22-16-8-2-1-7-15(16)20-21(27)25-18-10-4-3-9-17(18)24-20/h1-4,7-10,14,22H,5-6,11-13H2,(H,23,26)(H,25,27). The molecule has 1 unspecified atom stereocenters. The maximum Gasteiger partial charge on any atom is 0.275 e. The molecule has 0 saturated carbocycles. The first-order valence-electron chi connectivity index (χ1n) is 9.41. The van der Waals surface area contributed by atoms with Crippen molar-refractivity contribution in [3.05, 3.63) is 58.9 Å². The largest absolute Gasteiger partial charge is 0.376 e. The minimum absolute atomic E-state index is 0.106. The fourth-order valence-electron chi connectivity index (χ4n) is 3.33. The maximum absolute atomic E-state index is 12.5. The van der Waals surface area contributed by atoms with E-state index < -0.39 is 0 Å². The zero-order valence-corrected chi connectivity index (χ0v) is 15.4. The molecule has 4 rings (SSSR count). The van der Waals surface area contributed by atoms with E-state index in [9.17, 15) is 9.59 Å². The molecule has 1 aliphatic rings. The monoisotopic (exact) mass is 378 g/mol. The Kier molecular flexibility index (Phi) is 5.34. The lowest BCUT2D eigenvalue weighted by Gasteiger charge is -2.13. The quantitative estimate of drug-likeness (QED) is 0.612. The number of carbonyl (C=O) groups excluding carboxylic acids is 1. The van der Waals surface area contributed by atoms with Crippen molar-refractivity contribution in [2.45, 2.75) is 18.9 Å². The number of para-hydroxylation sites is 3. The highest BCUT2D eigenvalue weighted by Gasteiger charge is 2.16. The second-order valence-corrected chi connectivity index (χ2v) is 6.77. The smallest absolute Gasteiger partial charge is 0.275 e. The molecule has 0 bridgehead atoms. The molecule has 0 spiro atoms. The van der Waals surface area contributed by atoms with Crippen LogP contribution in [0, 0.1) is 0 Å². The molecule has 7 nitrogen and oxygen atoms in total. The SMILES string of the molecule is O=C(CNc1ccccc1-c1nc2ccccc2[nH]c1=O)NCC1CCCO1. The van der Waals surface area contributed by atoms with Gasteiger partial charge in [0.2, 0.25) is 5.91 Å². The molecule has 7 heteroatoms. The Labute approximate surface area is 162 Å². The molecule has 144 valence electrons. The van der Waals surface area contributed by atoms with Gasteiger partial charge in [0.1, 0.15) is 5.69 Å². The Hall–Kier alpha value is -3.19. The minimum Gasteiger partial charge on any atom is -0.376 e. The van der Waals surface area contributed by atoms with E-state index in [1.807, 2.05) is 48.5 Å². The molecule has 3 N–H and O–H groups in total. The number of benzene rings is 2. The topological polar surface area (TPSA) is 96.1 Å². The predicted octanol–water partition coefficient (Wildman–Crippen LogP) is 2.30. The van der Waals surface area contributed by atoms with Crippen LogP contribution in [0.1, 0.15) is 12.8 Å². The van der Waals surface area contributed by atoms with Crippen LogP contribution < -0.4 is 16.2 Å². The molecule has 1 aromatic heterocycles. The Balaban J connectivity index is 1.50. The number of nitrogens with one attached hydrogen (secondary N) is 3. The van der Waals surface area contributed by atoms with Crippen molar-refractivity contribution in [3.63, 3.8) is 0 Å². The second kappa shape index (κ2) is 8.22. The van der Waals surface area contributed by atoms with E-state index in [0.29, 0.717) is 34.5 Å². The number of nitrogens with zero attached hydrogens (tertiary/aromatic N) is 1. The number of ether oxygens (including phenoxy) is 1. The molecule has 28 heavy (non-hydrogen) atoms. The van der Waals surface area contributed by atoms with E-state index >= 15 is 0 Å². The van der Waals surface area contributed by atoms with Crippen LogP contribution in [0.3, 0.4) is 0 Å². The normalized spacial score (nSPS) is 16.2. The molecular formula is C21H22N4O3. The van der Waals surface area contributed by atoms with Crippen LogP contribution in [-0.2, 0) is 9.53 Å². The van der Waals surface area contributed by atoms with Gasteiger partial charge in [-0.05, 0) is 31.0 Å². The van der Waals surface area contributed by atoms with Crippen molar-refractivity contribution >= 4 is 22.6 Å². The van der Waals surface area contributed by atoms with Crippen LogP contribution >= 0.6 is 0 Å². The van der Waals surface area contributed by atoms with E-state index in [4.69, 9.17) is 4.74 Å². The molecule has 3 aromatic rings. The molecule has 0 radical (unpaired) electrons. The summed E-state index contributed by atoms with van der Waals surface area (Å²) >= 11 is 0. The van der Waals surface area contributed by atoms with Crippen LogP contribution in [0.2, 0.25) is 0 Å². The number of anilines is 1. The number of fused-ring (bicyclic) bond motifs is 1. The first-order valence-corrected chi connectivity index (χ1v) is 9.41. The van der Waals surface area contributed by atoms with Gasteiger partial charge in [0.15, 0.2) is 0 Å². The van der Waals surface area contributed by atoms with E-state index in [1.54, 1.807) is 0 Å². The van der Waals surface area contributed by atoms with Crippen molar-refractivity contribution in [1.29, 1.82) is 0 Å². The predicted molar refractivity (Wildman–Crippen MR) is 108 cm³/mol. The third-order valence-corrected chi connectivity index (χ3v) is 4.77. The maximum atomic E-state index is 12.5. The summed E-state index contributed by atoms with van der Waals surface area (Å²) in [6, 6.07) is 14.7. The Bertz CT molecular complexity index is 1040. The van der Waals surface area contributed by atoms with E-state index in [2.05, 4.69) is 20.6 Å².